The van der Waals surface area contributed by atoms with E-state index >= 15 is 0 Å². The Morgan fingerprint density at radius 3 is 2.40 bits per heavy atom. The maximum Gasteiger partial charge on any atom is 0.254 e. The zero-order chi connectivity index (χ0) is 29.4. The van der Waals surface area contributed by atoms with Crippen LogP contribution in [-0.4, -0.2) is 28.2 Å². The molecule has 1 heterocycles. The summed E-state index contributed by atoms with van der Waals surface area (Å²) in [7, 11) is 1.67. The molecule has 0 radical (unpaired) electrons. The van der Waals surface area contributed by atoms with Gasteiger partial charge in [-0.1, -0.05) is 13.0 Å². The average Bonchev–Trinajstić information content (AvgIpc) is 3.20. The number of aryl methyl sites for hydroxylation is 3. The van der Waals surface area contributed by atoms with E-state index in [0.717, 1.165) is 12.8 Å². The largest absolute Gasteiger partial charge is 0.489 e. The number of ether oxygens (including phenoxy) is 2. The van der Waals surface area contributed by atoms with Crippen LogP contribution in [0.3, 0.4) is 0 Å². The molecule has 1 aliphatic carbocycles. The summed E-state index contributed by atoms with van der Waals surface area (Å²) in [6.45, 7) is 11.2. The number of aromatic nitrogens is 1. The van der Waals surface area contributed by atoms with Crippen LogP contribution in [0.25, 0.3) is 11.1 Å². The van der Waals surface area contributed by atoms with Crippen LogP contribution in [0.4, 0.5) is 4.39 Å². The molecular formula is C32H39FN2O5. The number of nitrogens with zero attached hydrogens (tertiary/aromatic N) is 1. The van der Waals surface area contributed by atoms with Crippen molar-refractivity contribution in [1.82, 2.24) is 9.88 Å². The van der Waals surface area contributed by atoms with Gasteiger partial charge in [0.15, 0.2) is 0 Å². The lowest BCUT2D eigenvalue weighted by atomic mass is 9.93. The minimum atomic E-state index is -1.13. The molecule has 3 atom stereocenters. The number of nitrogens with one attached hydrogen (secondary N) is 1. The number of benzene rings is 2. The van der Waals surface area contributed by atoms with Crippen molar-refractivity contribution < 1.29 is 23.8 Å². The standard InChI is InChI=1S/C32H39FN2O5/c1-18-12-24(33)13-19(2)31(18)40-28-11-9-23(32(5,6)38)14-25(28)26-17-35(7)30(37)15-29(26)39-27-10-8-22(20(27)3)16-34-21(4)36/h9,11-15,17,20,22,27,38H,8,10,16H2,1-7H3,(H,34,36)/t20-,22-,27-/m0/s1. The third kappa shape index (κ3) is 6.39. The van der Waals surface area contributed by atoms with Crippen molar-refractivity contribution in [3.63, 3.8) is 0 Å². The smallest absolute Gasteiger partial charge is 0.254 e. The van der Waals surface area contributed by atoms with Crippen molar-refractivity contribution >= 4 is 5.91 Å². The fourth-order valence-corrected chi connectivity index (χ4v) is 5.39. The summed E-state index contributed by atoms with van der Waals surface area (Å²) in [6, 6.07) is 9.74. The number of aliphatic hydroxyl groups is 1. The van der Waals surface area contributed by atoms with Gasteiger partial charge < -0.3 is 24.5 Å². The number of pyridine rings is 1. The highest BCUT2D eigenvalue weighted by Gasteiger charge is 2.35. The SMILES string of the molecule is CC(=O)NC[C@@H]1CC[C@H](Oc2cc(=O)n(C)cc2-c2cc(C(C)(C)O)ccc2Oc2c(C)cc(F)cc2C)[C@H]1C. The van der Waals surface area contributed by atoms with Gasteiger partial charge in [0.1, 0.15) is 29.2 Å². The van der Waals surface area contributed by atoms with E-state index in [0.29, 0.717) is 51.6 Å². The molecule has 3 aromatic rings. The molecule has 2 aromatic carbocycles. The number of hydrogen-bond donors (Lipinski definition) is 2. The Hall–Kier alpha value is -3.65. The van der Waals surface area contributed by atoms with Gasteiger partial charge in [0.2, 0.25) is 5.91 Å². The van der Waals surface area contributed by atoms with Crippen molar-refractivity contribution in [2.24, 2.45) is 18.9 Å². The Morgan fingerprint density at radius 2 is 1.77 bits per heavy atom. The Balaban J connectivity index is 1.80. The fraction of sp³-hybridized carbons (Fsp3) is 0.438. The molecule has 0 saturated heterocycles. The third-order valence-corrected chi connectivity index (χ3v) is 7.85. The molecule has 40 heavy (non-hydrogen) atoms. The highest BCUT2D eigenvalue weighted by molar-refractivity contribution is 5.76. The maximum atomic E-state index is 14.0. The summed E-state index contributed by atoms with van der Waals surface area (Å²) >= 11 is 0. The first-order chi connectivity index (χ1) is 18.7. The van der Waals surface area contributed by atoms with Gasteiger partial charge in [0, 0.05) is 43.9 Å². The summed E-state index contributed by atoms with van der Waals surface area (Å²) < 4.78 is 28.4. The summed E-state index contributed by atoms with van der Waals surface area (Å²) in [6.07, 6.45) is 3.26. The van der Waals surface area contributed by atoms with Gasteiger partial charge in [0.05, 0.1) is 5.60 Å². The topological polar surface area (TPSA) is 89.8 Å². The van der Waals surface area contributed by atoms with Crippen LogP contribution in [0.5, 0.6) is 17.2 Å². The Bertz CT molecular complexity index is 1450. The van der Waals surface area contributed by atoms with Gasteiger partial charge in [-0.2, -0.15) is 0 Å². The van der Waals surface area contributed by atoms with E-state index in [1.807, 2.05) is 6.07 Å². The van der Waals surface area contributed by atoms with Crippen LogP contribution < -0.4 is 20.3 Å². The van der Waals surface area contributed by atoms with Crippen molar-refractivity contribution in [2.45, 2.75) is 66.1 Å². The van der Waals surface area contributed by atoms with Gasteiger partial charge in [-0.3, -0.25) is 9.59 Å². The molecule has 4 rings (SSSR count). The molecule has 1 aliphatic rings. The molecule has 0 unspecified atom stereocenters. The molecular weight excluding hydrogens is 511 g/mol. The molecule has 0 aliphatic heterocycles. The van der Waals surface area contributed by atoms with E-state index in [4.69, 9.17) is 9.47 Å². The second-order valence-electron chi connectivity index (χ2n) is 11.5. The molecule has 0 spiro atoms. The molecule has 2 N–H and O–H groups in total. The number of carbonyl (C=O) groups excluding carboxylic acids is 1. The lowest BCUT2D eigenvalue weighted by Crippen LogP contribution is -2.31. The predicted molar refractivity (Wildman–Crippen MR) is 153 cm³/mol. The number of amides is 1. The molecule has 1 aromatic heterocycles. The van der Waals surface area contributed by atoms with E-state index < -0.39 is 5.60 Å². The molecule has 8 heteroatoms. The lowest BCUT2D eigenvalue weighted by molar-refractivity contribution is -0.119. The van der Waals surface area contributed by atoms with Gasteiger partial charge in [-0.05, 0) is 93.3 Å². The first-order valence-electron chi connectivity index (χ1n) is 13.7. The summed E-state index contributed by atoms with van der Waals surface area (Å²) in [5.74, 6) is 1.48. The molecule has 0 bridgehead atoms. The van der Waals surface area contributed by atoms with E-state index in [-0.39, 0.29) is 35.2 Å². The zero-order valence-electron chi connectivity index (χ0n) is 24.3. The Labute approximate surface area is 235 Å². The van der Waals surface area contributed by atoms with E-state index in [9.17, 15) is 19.1 Å². The van der Waals surface area contributed by atoms with Crippen LogP contribution >= 0.6 is 0 Å². The van der Waals surface area contributed by atoms with Gasteiger partial charge in [-0.15, -0.1) is 0 Å². The molecule has 1 amide bonds. The molecule has 7 nitrogen and oxygen atoms in total. The quantitative estimate of drug-likeness (QED) is 0.372. The first-order valence-corrected chi connectivity index (χ1v) is 13.7. The van der Waals surface area contributed by atoms with E-state index in [1.165, 1.54) is 29.7 Å². The van der Waals surface area contributed by atoms with Gasteiger partial charge in [0.25, 0.3) is 5.56 Å². The van der Waals surface area contributed by atoms with Crippen molar-refractivity contribution in [3.05, 3.63) is 75.5 Å². The second kappa shape index (κ2) is 11.5. The van der Waals surface area contributed by atoms with Crippen LogP contribution in [0.1, 0.15) is 57.2 Å². The summed E-state index contributed by atoms with van der Waals surface area (Å²) in [5, 5.41) is 13.7. The number of rotatable bonds is 8. The minimum absolute atomic E-state index is 0.0590. The van der Waals surface area contributed by atoms with Crippen molar-refractivity contribution in [1.29, 1.82) is 0 Å². The maximum absolute atomic E-state index is 14.0. The zero-order valence-corrected chi connectivity index (χ0v) is 24.3. The number of carbonyl (C=O) groups is 1. The van der Waals surface area contributed by atoms with Crippen LogP contribution in [-0.2, 0) is 17.4 Å². The van der Waals surface area contributed by atoms with E-state index in [1.54, 1.807) is 53.1 Å². The van der Waals surface area contributed by atoms with Gasteiger partial charge >= 0.3 is 0 Å². The average molecular weight is 551 g/mol. The van der Waals surface area contributed by atoms with Gasteiger partial charge in [-0.25, -0.2) is 4.39 Å². The summed E-state index contributed by atoms with van der Waals surface area (Å²) in [5.41, 5.74) is 1.88. The monoisotopic (exact) mass is 550 g/mol. The number of halogens is 1. The fourth-order valence-electron chi connectivity index (χ4n) is 5.39. The molecule has 1 saturated carbocycles. The predicted octanol–water partition coefficient (Wildman–Crippen LogP) is 5.76. The van der Waals surface area contributed by atoms with Crippen molar-refractivity contribution in [2.75, 3.05) is 6.54 Å². The highest BCUT2D eigenvalue weighted by Crippen LogP contribution is 2.43. The highest BCUT2D eigenvalue weighted by atomic mass is 19.1. The molecule has 1 fully saturated rings. The van der Waals surface area contributed by atoms with Crippen LogP contribution in [0.15, 0.2) is 47.4 Å². The van der Waals surface area contributed by atoms with Crippen LogP contribution in [0.2, 0.25) is 0 Å². The normalized spacial score (nSPS) is 19.0. The Kier molecular flexibility index (Phi) is 8.40. The number of hydrogen-bond acceptors (Lipinski definition) is 5. The summed E-state index contributed by atoms with van der Waals surface area (Å²) in [4.78, 5) is 24.2. The third-order valence-electron chi connectivity index (χ3n) is 7.85. The first kappa shape index (κ1) is 29.3. The lowest BCUT2D eigenvalue weighted by Gasteiger charge is -2.25. The van der Waals surface area contributed by atoms with Crippen LogP contribution in [0, 0.1) is 31.5 Å². The Morgan fingerprint density at radius 1 is 1.10 bits per heavy atom. The molecule has 214 valence electrons. The van der Waals surface area contributed by atoms with E-state index in [2.05, 4.69) is 12.2 Å². The minimum Gasteiger partial charge on any atom is -0.489 e. The second-order valence-corrected chi connectivity index (χ2v) is 11.5. The van der Waals surface area contributed by atoms with Crippen molar-refractivity contribution in [3.8, 4) is 28.4 Å².